The maximum absolute atomic E-state index is 12.7. The largest absolute Gasteiger partial charge is 0.492 e. The van der Waals surface area contributed by atoms with Crippen molar-refractivity contribution in [2.24, 2.45) is 0 Å². The van der Waals surface area contributed by atoms with Crippen LogP contribution in [0, 0.1) is 0 Å². The van der Waals surface area contributed by atoms with Crippen molar-refractivity contribution in [2.75, 3.05) is 16.6 Å². The van der Waals surface area contributed by atoms with E-state index in [2.05, 4.69) is 15.0 Å². The second-order valence-corrected chi connectivity index (χ2v) is 9.22. The van der Waals surface area contributed by atoms with Crippen LogP contribution >= 0.6 is 11.3 Å². The third-order valence-electron chi connectivity index (χ3n) is 4.33. The topological polar surface area (TPSA) is 97.4 Å². The molecule has 0 aliphatic heterocycles. The van der Waals surface area contributed by atoms with E-state index >= 15 is 0 Å². The van der Waals surface area contributed by atoms with Crippen LogP contribution in [0.15, 0.2) is 77.7 Å². The van der Waals surface area contributed by atoms with Gasteiger partial charge in [-0.25, -0.2) is 13.4 Å². The number of amides is 1. The molecule has 0 saturated heterocycles. The minimum absolute atomic E-state index is 0.143. The zero-order chi connectivity index (χ0) is 21.8. The number of rotatable bonds is 7. The lowest BCUT2D eigenvalue weighted by molar-refractivity contribution is 0.102. The van der Waals surface area contributed by atoms with E-state index in [1.807, 2.05) is 25.1 Å². The molecule has 4 aromatic rings. The third kappa shape index (κ3) is 4.68. The van der Waals surface area contributed by atoms with Crippen LogP contribution in [-0.2, 0) is 10.0 Å². The summed E-state index contributed by atoms with van der Waals surface area (Å²) in [6, 6.07) is 19.9. The van der Waals surface area contributed by atoms with Crippen molar-refractivity contribution in [1.82, 2.24) is 4.98 Å². The Balaban J connectivity index is 1.54. The number of hydrogen-bond donors (Lipinski definition) is 2. The van der Waals surface area contributed by atoms with E-state index in [4.69, 9.17) is 4.74 Å². The summed E-state index contributed by atoms with van der Waals surface area (Å²) in [6.45, 7) is 2.41. The number of sulfonamides is 1. The first-order valence-corrected chi connectivity index (χ1v) is 11.8. The van der Waals surface area contributed by atoms with Gasteiger partial charge in [-0.2, -0.15) is 0 Å². The van der Waals surface area contributed by atoms with E-state index < -0.39 is 15.9 Å². The minimum atomic E-state index is -3.75. The second-order valence-electron chi connectivity index (χ2n) is 6.51. The molecule has 1 aromatic heterocycles. The monoisotopic (exact) mass is 453 g/mol. The number of hydrogen-bond acceptors (Lipinski definition) is 6. The van der Waals surface area contributed by atoms with E-state index in [1.165, 1.54) is 29.5 Å². The van der Waals surface area contributed by atoms with Crippen molar-refractivity contribution >= 4 is 48.3 Å². The number of nitrogens with zero attached hydrogens (tertiary/aromatic N) is 1. The molecule has 0 aliphatic rings. The molecule has 0 aliphatic carbocycles. The van der Waals surface area contributed by atoms with Gasteiger partial charge < -0.3 is 4.74 Å². The van der Waals surface area contributed by atoms with Crippen molar-refractivity contribution in [3.63, 3.8) is 0 Å². The number of benzene rings is 3. The van der Waals surface area contributed by atoms with Crippen LogP contribution in [0.1, 0.15) is 17.3 Å². The Labute approximate surface area is 183 Å². The molecule has 31 heavy (non-hydrogen) atoms. The Bertz CT molecular complexity index is 1340. The van der Waals surface area contributed by atoms with E-state index in [-0.39, 0.29) is 4.90 Å². The maximum atomic E-state index is 12.7. The van der Waals surface area contributed by atoms with Gasteiger partial charge >= 0.3 is 0 Å². The lowest BCUT2D eigenvalue weighted by Crippen LogP contribution is -2.15. The zero-order valence-corrected chi connectivity index (χ0v) is 18.2. The van der Waals surface area contributed by atoms with Gasteiger partial charge in [-0.1, -0.05) is 41.7 Å². The van der Waals surface area contributed by atoms with Crippen molar-refractivity contribution in [3.8, 4) is 5.75 Å². The Morgan fingerprint density at radius 3 is 2.58 bits per heavy atom. The third-order valence-corrected chi connectivity index (χ3v) is 6.67. The van der Waals surface area contributed by atoms with Gasteiger partial charge in [-0.3, -0.25) is 14.8 Å². The number of anilines is 2. The van der Waals surface area contributed by atoms with Gasteiger partial charge in [0.15, 0.2) is 5.13 Å². The molecule has 2 N–H and O–H groups in total. The Kier molecular flexibility index (Phi) is 5.88. The van der Waals surface area contributed by atoms with Crippen LogP contribution in [0.2, 0.25) is 0 Å². The van der Waals surface area contributed by atoms with Crippen molar-refractivity contribution in [3.05, 3.63) is 78.4 Å². The second kappa shape index (κ2) is 8.75. The Hall–Kier alpha value is -3.43. The van der Waals surface area contributed by atoms with Gasteiger partial charge in [-0.05, 0) is 49.4 Å². The average Bonchev–Trinajstić information content (AvgIpc) is 3.18. The number of carbonyl (C=O) groups excluding carboxylic acids is 1. The highest BCUT2D eigenvalue weighted by Crippen LogP contribution is 2.32. The zero-order valence-electron chi connectivity index (χ0n) is 16.5. The van der Waals surface area contributed by atoms with Gasteiger partial charge in [-0.15, -0.1) is 0 Å². The summed E-state index contributed by atoms with van der Waals surface area (Å²) < 4.78 is 34.0. The highest BCUT2D eigenvalue weighted by molar-refractivity contribution is 7.92. The van der Waals surface area contributed by atoms with Crippen LogP contribution < -0.4 is 14.8 Å². The molecule has 0 bridgehead atoms. The van der Waals surface area contributed by atoms with E-state index in [0.29, 0.717) is 34.3 Å². The highest BCUT2D eigenvalue weighted by Gasteiger charge is 2.16. The molecule has 158 valence electrons. The molecule has 9 heteroatoms. The molecule has 0 spiro atoms. The number of carbonyl (C=O) groups is 1. The lowest BCUT2D eigenvalue weighted by atomic mass is 10.2. The first kappa shape index (κ1) is 20.8. The number of para-hydroxylation sites is 1. The number of aromatic nitrogens is 1. The first-order chi connectivity index (χ1) is 15.0. The van der Waals surface area contributed by atoms with Crippen LogP contribution in [-0.4, -0.2) is 25.9 Å². The van der Waals surface area contributed by atoms with Crippen LogP contribution in [0.4, 0.5) is 10.8 Å². The molecular weight excluding hydrogens is 434 g/mol. The van der Waals surface area contributed by atoms with Gasteiger partial charge in [0.2, 0.25) is 0 Å². The fraction of sp³-hybridized carbons (Fsp3) is 0.0909. The van der Waals surface area contributed by atoms with Crippen molar-refractivity contribution in [1.29, 1.82) is 0 Å². The minimum Gasteiger partial charge on any atom is -0.492 e. The summed E-state index contributed by atoms with van der Waals surface area (Å²) in [4.78, 5) is 17.3. The molecule has 7 nitrogen and oxygen atoms in total. The lowest BCUT2D eigenvalue weighted by Gasteiger charge is -2.09. The van der Waals surface area contributed by atoms with E-state index in [9.17, 15) is 13.2 Å². The molecule has 0 fully saturated rings. The molecule has 4 rings (SSSR count). The number of fused-ring (bicyclic) bond motifs is 1. The Morgan fingerprint density at radius 1 is 1.03 bits per heavy atom. The predicted octanol–water partition coefficient (Wildman–Crippen LogP) is 4.75. The number of thiazole rings is 1. The normalized spacial score (nSPS) is 11.3. The maximum Gasteiger partial charge on any atom is 0.261 e. The molecule has 3 aromatic carbocycles. The Morgan fingerprint density at radius 2 is 1.81 bits per heavy atom. The fourth-order valence-electron chi connectivity index (χ4n) is 2.96. The summed E-state index contributed by atoms with van der Waals surface area (Å²) in [5, 5.41) is 3.21. The van der Waals surface area contributed by atoms with Crippen LogP contribution in [0.5, 0.6) is 5.75 Å². The summed E-state index contributed by atoms with van der Waals surface area (Å²) in [7, 11) is -3.75. The SMILES string of the molecule is CCOc1cccc2sc(NC(=O)c3cccc(NS(=O)(=O)c4ccccc4)c3)nc12. The fourth-order valence-corrected chi connectivity index (χ4v) is 4.90. The molecule has 0 radical (unpaired) electrons. The molecule has 1 heterocycles. The van der Waals surface area contributed by atoms with Crippen LogP contribution in [0.3, 0.4) is 0 Å². The summed E-state index contributed by atoms with van der Waals surface area (Å²) in [5.74, 6) is 0.270. The number of nitrogens with one attached hydrogen (secondary N) is 2. The first-order valence-electron chi connectivity index (χ1n) is 9.48. The predicted molar refractivity (Wildman–Crippen MR) is 122 cm³/mol. The summed E-state index contributed by atoms with van der Waals surface area (Å²) in [5.41, 5.74) is 1.28. The summed E-state index contributed by atoms with van der Waals surface area (Å²) in [6.07, 6.45) is 0. The van der Waals surface area contributed by atoms with E-state index in [1.54, 1.807) is 36.4 Å². The average molecular weight is 454 g/mol. The molecule has 0 atom stereocenters. The van der Waals surface area contributed by atoms with Crippen molar-refractivity contribution in [2.45, 2.75) is 11.8 Å². The smallest absolute Gasteiger partial charge is 0.261 e. The van der Waals surface area contributed by atoms with Crippen molar-refractivity contribution < 1.29 is 17.9 Å². The number of ether oxygens (including phenoxy) is 1. The molecule has 1 amide bonds. The molecule has 0 saturated carbocycles. The van der Waals surface area contributed by atoms with Gasteiger partial charge in [0.1, 0.15) is 11.3 Å². The van der Waals surface area contributed by atoms with E-state index in [0.717, 1.165) is 4.70 Å². The van der Waals surface area contributed by atoms with Gasteiger partial charge in [0, 0.05) is 11.3 Å². The summed E-state index contributed by atoms with van der Waals surface area (Å²) >= 11 is 1.34. The van der Waals surface area contributed by atoms with Crippen LogP contribution in [0.25, 0.3) is 10.2 Å². The van der Waals surface area contributed by atoms with Gasteiger partial charge in [0.25, 0.3) is 15.9 Å². The molecule has 0 unspecified atom stereocenters. The highest BCUT2D eigenvalue weighted by atomic mass is 32.2. The molecular formula is C22H19N3O4S2. The quantitative estimate of drug-likeness (QED) is 0.421. The standard InChI is InChI=1S/C22H19N3O4S2/c1-2-29-18-12-7-13-19-20(18)23-22(30-19)24-21(26)15-8-6-9-16(14-15)25-31(27,28)17-10-4-3-5-11-17/h3-14,25H,2H2,1H3,(H,23,24,26). The van der Waals surface area contributed by atoms with Gasteiger partial charge in [0.05, 0.1) is 16.2 Å².